The van der Waals surface area contributed by atoms with Crippen molar-refractivity contribution in [1.82, 2.24) is 0 Å². The molecule has 2 rings (SSSR count). The summed E-state index contributed by atoms with van der Waals surface area (Å²) in [4.78, 5) is 18.3. The molecular weight excluding hydrogens is 340 g/mol. The Balaban J connectivity index is 1.91. The molecule has 0 amide bonds. The molecule has 0 aliphatic carbocycles. The van der Waals surface area contributed by atoms with Crippen LogP contribution in [0.25, 0.3) is 0 Å². The molecule has 0 atom stereocenters. The van der Waals surface area contributed by atoms with E-state index in [4.69, 9.17) is 9.47 Å². The van der Waals surface area contributed by atoms with E-state index in [9.17, 15) is 4.79 Å². The second-order valence-corrected chi connectivity index (χ2v) is 6.34. The first-order valence-electron chi connectivity index (χ1n) is 9.33. The molecule has 2 aromatic carbocycles. The van der Waals surface area contributed by atoms with Gasteiger partial charge >= 0.3 is 5.97 Å². The van der Waals surface area contributed by atoms with Gasteiger partial charge in [-0.1, -0.05) is 0 Å². The van der Waals surface area contributed by atoms with E-state index >= 15 is 0 Å². The third-order valence-electron chi connectivity index (χ3n) is 3.94. The Bertz CT molecular complexity index is 733. The molecule has 0 saturated heterocycles. The topological polar surface area (TPSA) is 51.1 Å². The molecule has 0 fully saturated rings. The molecule has 0 aliphatic rings. The standard InChI is InChI=1S/C22H28N2O3/c1-5-24(6-2)20-11-9-19(10-12-20)23-15-18-7-13-21(14-8-18)26-16-22(25)27-17(3)4/h7-15,17H,5-6,16H2,1-4H3. The Labute approximate surface area is 161 Å². The smallest absolute Gasteiger partial charge is 0.344 e. The minimum absolute atomic E-state index is 0.0928. The molecule has 2 aromatic rings. The fourth-order valence-electron chi connectivity index (χ4n) is 2.58. The lowest BCUT2D eigenvalue weighted by atomic mass is 10.2. The van der Waals surface area contributed by atoms with Gasteiger partial charge in [-0.3, -0.25) is 4.99 Å². The van der Waals surface area contributed by atoms with E-state index in [-0.39, 0.29) is 18.7 Å². The number of hydrogen-bond acceptors (Lipinski definition) is 5. The third-order valence-corrected chi connectivity index (χ3v) is 3.94. The molecule has 0 heterocycles. The zero-order chi connectivity index (χ0) is 19.6. The van der Waals surface area contributed by atoms with Crippen molar-refractivity contribution in [2.24, 2.45) is 4.99 Å². The summed E-state index contributed by atoms with van der Waals surface area (Å²) in [5, 5.41) is 0. The summed E-state index contributed by atoms with van der Waals surface area (Å²) < 4.78 is 10.5. The first-order chi connectivity index (χ1) is 13.0. The highest BCUT2D eigenvalue weighted by Crippen LogP contribution is 2.20. The van der Waals surface area contributed by atoms with Gasteiger partial charge in [-0.25, -0.2) is 4.79 Å². The van der Waals surface area contributed by atoms with Crippen molar-refractivity contribution in [2.75, 3.05) is 24.6 Å². The van der Waals surface area contributed by atoms with E-state index in [0.717, 1.165) is 24.3 Å². The van der Waals surface area contributed by atoms with Crippen LogP contribution >= 0.6 is 0 Å². The molecule has 5 heteroatoms. The van der Waals surface area contributed by atoms with Crippen molar-refractivity contribution < 1.29 is 14.3 Å². The summed E-state index contributed by atoms with van der Waals surface area (Å²) in [6.45, 7) is 9.80. The van der Waals surface area contributed by atoms with Crippen molar-refractivity contribution in [3.63, 3.8) is 0 Å². The van der Waals surface area contributed by atoms with Gasteiger partial charge < -0.3 is 14.4 Å². The van der Waals surface area contributed by atoms with Crippen LogP contribution in [0.1, 0.15) is 33.3 Å². The molecule has 0 saturated carbocycles. The molecular formula is C22H28N2O3. The highest BCUT2D eigenvalue weighted by molar-refractivity contribution is 5.82. The van der Waals surface area contributed by atoms with E-state index in [0.29, 0.717) is 5.75 Å². The number of benzene rings is 2. The van der Waals surface area contributed by atoms with Gasteiger partial charge in [0.1, 0.15) is 5.75 Å². The zero-order valence-corrected chi connectivity index (χ0v) is 16.5. The van der Waals surface area contributed by atoms with Gasteiger partial charge in [0.05, 0.1) is 11.8 Å². The number of anilines is 1. The van der Waals surface area contributed by atoms with Gasteiger partial charge in [-0.15, -0.1) is 0 Å². The molecule has 0 aliphatic heterocycles. The van der Waals surface area contributed by atoms with Crippen molar-refractivity contribution >= 4 is 23.6 Å². The third kappa shape index (κ3) is 6.77. The molecule has 27 heavy (non-hydrogen) atoms. The lowest BCUT2D eigenvalue weighted by molar-refractivity contribution is -0.149. The van der Waals surface area contributed by atoms with Gasteiger partial charge in [0, 0.05) is 25.0 Å². The Morgan fingerprint density at radius 1 is 1.04 bits per heavy atom. The number of esters is 1. The molecule has 0 aromatic heterocycles. The number of carbonyl (C=O) groups excluding carboxylic acids is 1. The van der Waals surface area contributed by atoms with Crippen LogP contribution < -0.4 is 9.64 Å². The number of nitrogens with zero attached hydrogens (tertiary/aromatic N) is 2. The zero-order valence-electron chi connectivity index (χ0n) is 16.5. The Morgan fingerprint density at radius 2 is 1.67 bits per heavy atom. The van der Waals surface area contributed by atoms with E-state index in [1.54, 1.807) is 0 Å². The first kappa shape index (κ1) is 20.5. The number of carbonyl (C=O) groups is 1. The van der Waals surface area contributed by atoms with Crippen molar-refractivity contribution in [3.05, 3.63) is 54.1 Å². The van der Waals surface area contributed by atoms with Crippen LogP contribution in [0.4, 0.5) is 11.4 Å². The predicted molar refractivity (Wildman–Crippen MR) is 110 cm³/mol. The quantitative estimate of drug-likeness (QED) is 0.479. The number of ether oxygens (including phenoxy) is 2. The highest BCUT2D eigenvalue weighted by Gasteiger charge is 2.06. The average molecular weight is 368 g/mol. The maximum Gasteiger partial charge on any atom is 0.344 e. The number of rotatable bonds is 9. The van der Waals surface area contributed by atoms with Crippen LogP contribution in [-0.2, 0) is 9.53 Å². The Kier molecular flexibility index (Phi) is 7.86. The molecule has 0 bridgehead atoms. The van der Waals surface area contributed by atoms with Gasteiger partial charge in [0.2, 0.25) is 0 Å². The largest absolute Gasteiger partial charge is 0.482 e. The fourth-order valence-corrected chi connectivity index (χ4v) is 2.58. The second-order valence-electron chi connectivity index (χ2n) is 6.34. The molecule has 5 nitrogen and oxygen atoms in total. The maximum absolute atomic E-state index is 11.5. The summed E-state index contributed by atoms with van der Waals surface area (Å²) in [6.07, 6.45) is 1.67. The van der Waals surface area contributed by atoms with Crippen LogP contribution in [0, 0.1) is 0 Å². The normalized spacial score (nSPS) is 11.0. The lowest BCUT2D eigenvalue weighted by Gasteiger charge is -2.20. The van der Waals surface area contributed by atoms with Crippen molar-refractivity contribution in [2.45, 2.75) is 33.8 Å². The minimum atomic E-state index is -0.371. The summed E-state index contributed by atoms with van der Waals surface area (Å²) in [5.41, 5.74) is 3.07. The van der Waals surface area contributed by atoms with Crippen LogP contribution in [0.3, 0.4) is 0 Å². The van der Waals surface area contributed by atoms with E-state index in [1.165, 1.54) is 5.69 Å². The van der Waals surface area contributed by atoms with Crippen LogP contribution in [0.15, 0.2) is 53.5 Å². The van der Waals surface area contributed by atoms with E-state index in [1.807, 2.05) is 56.5 Å². The summed E-state index contributed by atoms with van der Waals surface area (Å²) in [6, 6.07) is 15.6. The highest BCUT2D eigenvalue weighted by atomic mass is 16.6. The minimum Gasteiger partial charge on any atom is -0.482 e. The average Bonchev–Trinajstić information content (AvgIpc) is 2.67. The van der Waals surface area contributed by atoms with Crippen LogP contribution in [0.2, 0.25) is 0 Å². The van der Waals surface area contributed by atoms with E-state index < -0.39 is 0 Å². The lowest BCUT2D eigenvalue weighted by Crippen LogP contribution is -2.21. The fraction of sp³-hybridized carbons (Fsp3) is 0.364. The van der Waals surface area contributed by atoms with Gasteiger partial charge in [0.15, 0.2) is 6.61 Å². The van der Waals surface area contributed by atoms with Gasteiger partial charge in [-0.2, -0.15) is 0 Å². The molecule has 0 unspecified atom stereocenters. The summed E-state index contributed by atoms with van der Waals surface area (Å²) in [5.74, 6) is 0.250. The molecule has 0 spiro atoms. The predicted octanol–water partition coefficient (Wildman–Crippen LogP) is 4.61. The van der Waals surface area contributed by atoms with E-state index in [2.05, 4.69) is 35.9 Å². The Morgan fingerprint density at radius 3 is 2.22 bits per heavy atom. The number of hydrogen-bond donors (Lipinski definition) is 0. The first-order valence-corrected chi connectivity index (χ1v) is 9.33. The second kappa shape index (κ2) is 10.4. The maximum atomic E-state index is 11.5. The SMILES string of the molecule is CCN(CC)c1ccc(N=Cc2ccc(OCC(=O)OC(C)C)cc2)cc1. The molecule has 0 N–H and O–H groups in total. The summed E-state index contributed by atoms with van der Waals surface area (Å²) in [7, 11) is 0. The molecule has 144 valence electrons. The monoisotopic (exact) mass is 368 g/mol. The van der Waals surface area contributed by atoms with Gasteiger partial charge in [-0.05, 0) is 81.8 Å². The van der Waals surface area contributed by atoms with Crippen molar-refractivity contribution in [3.8, 4) is 5.75 Å². The molecule has 0 radical (unpaired) electrons. The van der Waals surface area contributed by atoms with Gasteiger partial charge in [0.25, 0.3) is 0 Å². The van der Waals surface area contributed by atoms with Crippen LogP contribution in [0.5, 0.6) is 5.75 Å². The summed E-state index contributed by atoms with van der Waals surface area (Å²) >= 11 is 0. The Hall–Kier alpha value is -2.82. The number of aliphatic imine (C=N–C) groups is 1. The van der Waals surface area contributed by atoms with Crippen LogP contribution in [-0.4, -0.2) is 38.0 Å². The van der Waals surface area contributed by atoms with Crippen molar-refractivity contribution in [1.29, 1.82) is 0 Å².